The highest BCUT2D eigenvalue weighted by atomic mass is 127. The zero-order valence-corrected chi connectivity index (χ0v) is 17.3. The molecule has 3 rings (SSSR count). The van der Waals surface area contributed by atoms with Gasteiger partial charge in [0.25, 0.3) is 5.91 Å². The van der Waals surface area contributed by atoms with E-state index < -0.39 is 18.5 Å². The first-order valence-electron chi connectivity index (χ1n) is 7.60. The molecular formula is C18H12ClIN2O4S. The number of hydrogen-bond acceptors (Lipinski definition) is 6. The summed E-state index contributed by atoms with van der Waals surface area (Å²) in [7, 11) is 0. The SMILES string of the molecule is O=C(COC(=O)c1cc(I)ccc1O)Nc1nc(-c2ccccc2Cl)cs1. The average Bonchev–Trinajstić information content (AvgIpc) is 3.10. The first kappa shape index (κ1) is 19.6. The summed E-state index contributed by atoms with van der Waals surface area (Å²) in [6.45, 7) is -0.495. The summed E-state index contributed by atoms with van der Waals surface area (Å²) in [6, 6.07) is 11.8. The first-order chi connectivity index (χ1) is 12.9. The van der Waals surface area contributed by atoms with Crippen LogP contribution in [0.1, 0.15) is 10.4 Å². The van der Waals surface area contributed by atoms with Gasteiger partial charge in [0.1, 0.15) is 11.3 Å². The van der Waals surface area contributed by atoms with Crippen LogP contribution < -0.4 is 5.32 Å². The van der Waals surface area contributed by atoms with Crippen LogP contribution in [0.25, 0.3) is 11.3 Å². The summed E-state index contributed by atoms with van der Waals surface area (Å²) in [6.07, 6.45) is 0. The molecule has 0 fully saturated rings. The quantitative estimate of drug-likeness (QED) is 0.385. The molecule has 0 unspecified atom stereocenters. The third-order valence-electron chi connectivity index (χ3n) is 3.41. The Balaban J connectivity index is 1.59. The lowest BCUT2D eigenvalue weighted by molar-refractivity contribution is -0.119. The number of nitrogens with one attached hydrogen (secondary N) is 1. The van der Waals surface area contributed by atoms with E-state index in [-0.39, 0.29) is 11.3 Å². The van der Waals surface area contributed by atoms with Gasteiger partial charge in [-0.05, 0) is 46.9 Å². The molecule has 0 spiro atoms. The van der Waals surface area contributed by atoms with Gasteiger partial charge in [-0.25, -0.2) is 9.78 Å². The molecule has 0 aliphatic heterocycles. The molecule has 138 valence electrons. The lowest BCUT2D eigenvalue weighted by atomic mass is 10.2. The van der Waals surface area contributed by atoms with E-state index in [0.717, 1.165) is 9.13 Å². The van der Waals surface area contributed by atoms with E-state index in [4.69, 9.17) is 16.3 Å². The lowest BCUT2D eigenvalue weighted by Crippen LogP contribution is -2.21. The predicted octanol–water partition coefficient (Wildman–Crippen LogP) is 4.57. The molecular weight excluding hydrogens is 503 g/mol. The molecule has 0 saturated carbocycles. The number of ether oxygens (including phenoxy) is 1. The van der Waals surface area contributed by atoms with Crippen LogP contribution in [0, 0.1) is 3.57 Å². The molecule has 0 aliphatic rings. The largest absolute Gasteiger partial charge is 0.507 e. The van der Waals surface area contributed by atoms with E-state index in [0.29, 0.717) is 15.8 Å². The van der Waals surface area contributed by atoms with E-state index in [2.05, 4.69) is 10.3 Å². The Hall–Kier alpha value is -2.17. The van der Waals surface area contributed by atoms with Crippen molar-refractivity contribution in [2.24, 2.45) is 0 Å². The monoisotopic (exact) mass is 514 g/mol. The van der Waals surface area contributed by atoms with Crippen molar-refractivity contribution in [3.05, 3.63) is 62.0 Å². The van der Waals surface area contributed by atoms with Gasteiger partial charge < -0.3 is 9.84 Å². The molecule has 0 radical (unpaired) electrons. The summed E-state index contributed by atoms with van der Waals surface area (Å²) < 4.78 is 5.71. The van der Waals surface area contributed by atoms with Crippen LogP contribution in [0.15, 0.2) is 47.8 Å². The standard InChI is InChI=1S/C18H12ClIN2O4S/c19-13-4-2-1-3-11(13)14-9-27-18(21-14)22-16(24)8-26-17(25)12-7-10(20)5-6-15(12)23/h1-7,9,23H,8H2,(H,21,22,24). The molecule has 3 aromatic rings. The van der Waals surface area contributed by atoms with E-state index in [9.17, 15) is 14.7 Å². The number of halogens is 2. The van der Waals surface area contributed by atoms with Crippen LogP contribution in [0.3, 0.4) is 0 Å². The van der Waals surface area contributed by atoms with E-state index in [1.807, 2.05) is 40.8 Å². The maximum Gasteiger partial charge on any atom is 0.342 e. The predicted molar refractivity (Wildman–Crippen MR) is 112 cm³/mol. The molecule has 0 bridgehead atoms. The number of phenols is 1. The molecule has 0 atom stereocenters. The number of phenolic OH excluding ortho intramolecular Hbond substituents is 1. The van der Waals surface area contributed by atoms with Crippen molar-refractivity contribution in [3.63, 3.8) is 0 Å². The molecule has 0 aliphatic carbocycles. The highest BCUT2D eigenvalue weighted by Crippen LogP contribution is 2.30. The highest BCUT2D eigenvalue weighted by molar-refractivity contribution is 14.1. The van der Waals surface area contributed by atoms with Crippen LogP contribution in [-0.2, 0) is 9.53 Å². The number of benzene rings is 2. The second-order valence-electron chi connectivity index (χ2n) is 5.30. The first-order valence-corrected chi connectivity index (χ1v) is 9.93. The highest BCUT2D eigenvalue weighted by Gasteiger charge is 2.16. The number of amides is 1. The van der Waals surface area contributed by atoms with Crippen molar-refractivity contribution >= 4 is 62.5 Å². The van der Waals surface area contributed by atoms with E-state index >= 15 is 0 Å². The summed E-state index contributed by atoms with van der Waals surface area (Å²) in [5.41, 5.74) is 1.41. The van der Waals surface area contributed by atoms with Crippen LogP contribution in [0.4, 0.5) is 5.13 Å². The Kier molecular flexibility index (Phi) is 6.30. The molecule has 2 aromatic carbocycles. The topological polar surface area (TPSA) is 88.5 Å². The van der Waals surface area contributed by atoms with Crippen molar-refractivity contribution in [3.8, 4) is 17.0 Å². The summed E-state index contributed by atoms with van der Waals surface area (Å²) in [5.74, 6) is -1.52. The molecule has 6 nitrogen and oxygen atoms in total. The molecule has 1 heterocycles. The fourth-order valence-electron chi connectivity index (χ4n) is 2.16. The van der Waals surface area contributed by atoms with Crippen molar-refractivity contribution < 1.29 is 19.4 Å². The number of carbonyl (C=O) groups excluding carboxylic acids is 2. The normalized spacial score (nSPS) is 10.4. The molecule has 1 amide bonds. The molecule has 27 heavy (non-hydrogen) atoms. The number of anilines is 1. The van der Waals surface area contributed by atoms with Crippen molar-refractivity contribution in [1.82, 2.24) is 4.98 Å². The average molecular weight is 515 g/mol. The summed E-state index contributed by atoms with van der Waals surface area (Å²) >= 11 is 9.38. The Morgan fingerprint density at radius 1 is 1.26 bits per heavy atom. The number of esters is 1. The number of aromatic nitrogens is 1. The zero-order valence-electron chi connectivity index (χ0n) is 13.6. The second-order valence-corrected chi connectivity index (χ2v) is 7.81. The third kappa shape index (κ3) is 4.96. The Morgan fingerprint density at radius 3 is 2.81 bits per heavy atom. The Labute approximate surface area is 177 Å². The zero-order chi connectivity index (χ0) is 19.4. The minimum Gasteiger partial charge on any atom is -0.507 e. The number of hydrogen-bond donors (Lipinski definition) is 2. The Morgan fingerprint density at radius 2 is 2.04 bits per heavy atom. The van der Waals surface area contributed by atoms with E-state index in [1.165, 1.54) is 23.5 Å². The third-order valence-corrected chi connectivity index (χ3v) is 5.17. The van der Waals surface area contributed by atoms with Crippen LogP contribution in [0.2, 0.25) is 5.02 Å². The van der Waals surface area contributed by atoms with Gasteiger partial charge >= 0.3 is 5.97 Å². The summed E-state index contributed by atoms with van der Waals surface area (Å²) in [5, 5.41) is 15.0. The van der Waals surface area contributed by atoms with Gasteiger partial charge in [0.05, 0.1) is 5.69 Å². The minimum atomic E-state index is -0.780. The number of nitrogens with zero attached hydrogens (tertiary/aromatic N) is 1. The van der Waals surface area contributed by atoms with Gasteiger partial charge in [0.2, 0.25) is 0 Å². The van der Waals surface area contributed by atoms with Crippen molar-refractivity contribution in [1.29, 1.82) is 0 Å². The number of thiazole rings is 1. The van der Waals surface area contributed by atoms with Gasteiger partial charge in [-0.1, -0.05) is 29.8 Å². The minimum absolute atomic E-state index is 0.00459. The summed E-state index contributed by atoms with van der Waals surface area (Å²) in [4.78, 5) is 28.3. The van der Waals surface area contributed by atoms with Gasteiger partial charge in [-0.2, -0.15) is 0 Å². The fraction of sp³-hybridized carbons (Fsp3) is 0.0556. The molecule has 0 saturated heterocycles. The second kappa shape index (κ2) is 8.68. The molecule has 2 N–H and O–H groups in total. The maximum absolute atomic E-state index is 12.0. The van der Waals surface area contributed by atoms with Gasteiger partial charge in [-0.3, -0.25) is 10.1 Å². The Bertz CT molecular complexity index is 1010. The van der Waals surface area contributed by atoms with Gasteiger partial charge in [0.15, 0.2) is 11.7 Å². The molecule has 1 aromatic heterocycles. The van der Waals surface area contributed by atoms with Crippen LogP contribution in [-0.4, -0.2) is 28.6 Å². The number of aromatic hydroxyl groups is 1. The lowest BCUT2D eigenvalue weighted by Gasteiger charge is -2.06. The van der Waals surface area contributed by atoms with Crippen LogP contribution in [0.5, 0.6) is 5.75 Å². The van der Waals surface area contributed by atoms with Gasteiger partial charge in [0, 0.05) is 19.5 Å². The molecule has 9 heteroatoms. The maximum atomic E-state index is 12.0. The van der Waals surface area contributed by atoms with Crippen LogP contribution >= 0.6 is 45.5 Å². The van der Waals surface area contributed by atoms with Crippen molar-refractivity contribution in [2.75, 3.05) is 11.9 Å². The van der Waals surface area contributed by atoms with Crippen molar-refractivity contribution in [2.45, 2.75) is 0 Å². The van der Waals surface area contributed by atoms with E-state index in [1.54, 1.807) is 17.5 Å². The number of carbonyl (C=O) groups is 2. The number of rotatable bonds is 5. The van der Waals surface area contributed by atoms with Gasteiger partial charge in [-0.15, -0.1) is 11.3 Å². The fourth-order valence-corrected chi connectivity index (χ4v) is 3.61. The smallest absolute Gasteiger partial charge is 0.342 e.